The van der Waals surface area contributed by atoms with Gasteiger partial charge in [-0.05, 0) is 37.5 Å². The van der Waals surface area contributed by atoms with E-state index in [0.717, 1.165) is 31.4 Å². The number of alkyl halides is 3. The van der Waals surface area contributed by atoms with Crippen molar-refractivity contribution in [2.75, 3.05) is 20.2 Å². The molecule has 2 aliphatic rings. The molecule has 3 unspecified atom stereocenters. The second kappa shape index (κ2) is 9.12. The number of hydrogen-bond donors (Lipinski definition) is 2. The summed E-state index contributed by atoms with van der Waals surface area (Å²) < 4.78 is 49.2. The number of aliphatic imine (C=N–C) groups is 1. The minimum atomic E-state index is -4.37. The summed E-state index contributed by atoms with van der Waals surface area (Å²) in [5.74, 6) is 0.842. The van der Waals surface area contributed by atoms with Crippen LogP contribution in [-0.2, 0) is 10.9 Å². The standard InChI is InChI=1S/C17H22F3N3O2.HI/c1-21-16(23-14-10-13-5-6-15(14)25-13)22-7-8-24-12-4-2-3-11(9-12)17(18,19)20;/h2-4,9,13-15H,5-8,10H2,1H3,(H2,21,22,23);1H. The van der Waals surface area contributed by atoms with Crippen LogP contribution < -0.4 is 15.4 Å². The van der Waals surface area contributed by atoms with Gasteiger partial charge in [-0.3, -0.25) is 4.99 Å². The lowest BCUT2D eigenvalue weighted by Crippen LogP contribution is -2.48. The van der Waals surface area contributed by atoms with Gasteiger partial charge in [0, 0.05) is 7.05 Å². The molecule has 2 N–H and O–H groups in total. The monoisotopic (exact) mass is 485 g/mol. The Morgan fingerprint density at radius 3 is 2.77 bits per heavy atom. The smallest absolute Gasteiger partial charge is 0.416 e. The van der Waals surface area contributed by atoms with Gasteiger partial charge in [-0.1, -0.05) is 6.07 Å². The number of rotatable bonds is 5. The Labute approximate surface area is 167 Å². The molecule has 0 radical (unpaired) electrons. The lowest BCUT2D eigenvalue weighted by Gasteiger charge is -2.22. The summed E-state index contributed by atoms with van der Waals surface area (Å²) in [4.78, 5) is 4.16. The highest BCUT2D eigenvalue weighted by Gasteiger charge is 2.41. The van der Waals surface area contributed by atoms with E-state index in [0.29, 0.717) is 18.6 Å². The largest absolute Gasteiger partial charge is 0.492 e. The van der Waals surface area contributed by atoms with Crippen LogP contribution in [0, 0.1) is 0 Å². The molecular formula is C17H23F3IN3O2. The third-order valence-electron chi connectivity index (χ3n) is 4.48. The minimum absolute atomic E-state index is 0. The molecule has 0 aromatic heterocycles. The Hall–Kier alpha value is -1.23. The van der Waals surface area contributed by atoms with Crippen molar-refractivity contribution < 1.29 is 22.6 Å². The highest BCUT2D eigenvalue weighted by molar-refractivity contribution is 14.0. The van der Waals surface area contributed by atoms with Crippen molar-refractivity contribution in [3.63, 3.8) is 0 Å². The molecule has 0 saturated carbocycles. The van der Waals surface area contributed by atoms with Crippen LogP contribution in [0.25, 0.3) is 0 Å². The molecule has 0 spiro atoms. The molecule has 1 aromatic rings. The van der Waals surface area contributed by atoms with E-state index in [1.54, 1.807) is 7.05 Å². The molecule has 146 valence electrons. The zero-order valence-corrected chi connectivity index (χ0v) is 16.7. The summed E-state index contributed by atoms with van der Waals surface area (Å²) in [7, 11) is 1.68. The van der Waals surface area contributed by atoms with Crippen molar-refractivity contribution in [2.24, 2.45) is 4.99 Å². The Kier molecular flexibility index (Phi) is 7.39. The fourth-order valence-electron chi connectivity index (χ4n) is 3.26. The number of benzene rings is 1. The first kappa shape index (κ1) is 21.1. The maximum atomic E-state index is 12.7. The van der Waals surface area contributed by atoms with Crippen molar-refractivity contribution in [1.82, 2.24) is 10.6 Å². The summed E-state index contributed by atoms with van der Waals surface area (Å²) in [6.45, 7) is 0.660. The number of guanidine groups is 1. The predicted molar refractivity (Wildman–Crippen MR) is 103 cm³/mol. The van der Waals surface area contributed by atoms with E-state index in [1.165, 1.54) is 12.1 Å². The van der Waals surface area contributed by atoms with Gasteiger partial charge in [0.2, 0.25) is 0 Å². The normalized spacial score (nSPS) is 24.9. The summed E-state index contributed by atoms with van der Waals surface area (Å²) in [5.41, 5.74) is -0.716. The average Bonchev–Trinajstić information content (AvgIpc) is 3.20. The Bertz CT molecular complexity index is 628. The first-order valence-electron chi connectivity index (χ1n) is 8.38. The molecular weight excluding hydrogens is 462 g/mol. The first-order chi connectivity index (χ1) is 12.0. The van der Waals surface area contributed by atoms with Crippen LogP contribution in [0.2, 0.25) is 0 Å². The van der Waals surface area contributed by atoms with Crippen LogP contribution in [-0.4, -0.2) is 44.4 Å². The Morgan fingerprint density at radius 1 is 1.35 bits per heavy atom. The van der Waals surface area contributed by atoms with Crippen molar-refractivity contribution in [1.29, 1.82) is 0 Å². The molecule has 3 atom stereocenters. The van der Waals surface area contributed by atoms with Gasteiger partial charge in [0.1, 0.15) is 12.4 Å². The third-order valence-corrected chi connectivity index (χ3v) is 4.48. The van der Waals surface area contributed by atoms with Crippen LogP contribution in [0.4, 0.5) is 13.2 Å². The van der Waals surface area contributed by atoms with Crippen LogP contribution in [0.3, 0.4) is 0 Å². The maximum Gasteiger partial charge on any atom is 0.416 e. The molecule has 3 rings (SSSR count). The SMILES string of the molecule is CN=C(NCCOc1cccc(C(F)(F)F)c1)NC1CC2CCC1O2.I. The van der Waals surface area contributed by atoms with E-state index in [-0.39, 0.29) is 48.5 Å². The first-order valence-corrected chi connectivity index (χ1v) is 8.38. The van der Waals surface area contributed by atoms with Gasteiger partial charge in [-0.15, -0.1) is 24.0 Å². The van der Waals surface area contributed by atoms with Crippen LogP contribution in [0.15, 0.2) is 29.3 Å². The van der Waals surface area contributed by atoms with Gasteiger partial charge < -0.3 is 20.1 Å². The van der Waals surface area contributed by atoms with E-state index in [2.05, 4.69) is 15.6 Å². The van der Waals surface area contributed by atoms with Gasteiger partial charge in [0.05, 0.1) is 30.4 Å². The summed E-state index contributed by atoms with van der Waals surface area (Å²) in [6.07, 6.45) is -0.606. The number of nitrogens with one attached hydrogen (secondary N) is 2. The van der Waals surface area contributed by atoms with Gasteiger partial charge >= 0.3 is 6.18 Å². The molecule has 0 aliphatic carbocycles. The van der Waals surface area contributed by atoms with Crippen LogP contribution in [0.5, 0.6) is 5.75 Å². The van der Waals surface area contributed by atoms with Gasteiger partial charge in [-0.25, -0.2) is 0 Å². The van der Waals surface area contributed by atoms with E-state index in [1.807, 2.05) is 0 Å². The van der Waals surface area contributed by atoms with Crippen LogP contribution in [0.1, 0.15) is 24.8 Å². The van der Waals surface area contributed by atoms with E-state index in [4.69, 9.17) is 9.47 Å². The van der Waals surface area contributed by atoms with E-state index >= 15 is 0 Å². The van der Waals surface area contributed by atoms with Gasteiger partial charge in [-0.2, -0.15) is 13.2 Å². The van der Waals surface area contributed by atoms with Gasteiger partial charge in [0.15, 0.2) is 5.96 Å². The zero-order chi connectivity index (χ0) is 17.9. The number of hydrogen-bond acceptors (Lipinski definition) is 3. The topological polar surface area (TPSA) is 54.9 Å². The summed E-state index contributed by atoms with van der Waals surface area (Å²) in [5, 5.41) is 6.44. The fraction of sp³-hybridized carbons (Fsp3) is 0.588. The molecule has 2 heterocycles. The number of halogens is 4. The average molecular weight is 485 g/mol. The number of nitrogens with zero attached hydrogens (tertiary/aromatic N) is 1. The minimum Gasteiger partial charge on any atom is -0.492 e. The molecule has 2 aliphatic heterocycles. The van der Waals surface area contributed by atoms with Crippen molar-refractivity contribution in [2.45, 2.75) is 43.7 Å². The number of ether oxygens (including phenoxy) is 2. The molecule has 2 bridgehead atoms. The summed E-state index contributed by atoms with van der Waals surface area (Å²) >= 11 is 0. The maximum absolute atomic E-state index is 12.7. The van der Waals surface area contributed by atoms with Crippen LogP contribution >= 0.6 is 24.0 Å². The fourth-order valence-corrected chi connectivity index (χ4v) is 3.26. The van der Waals surface area contributed by atoms with Crippen molar-refractivity contribution in [3.05, 3.63) is 29.8 Å². The zero-order valence-electron chi connectivity index (χ0n) is 14.4. The molecule has 2 fully saturated rings. The van der Waals surface area contributed by atoms with E-state index in [9.17, 15) is 13.2 Å². The van der Waals surface area contributed by atoms with Gasteiger partial charge in [0.25, 0.3) is 0 Å². The second-order valence-corrected chi connectivity index (χ2v) is 6.23. The van der Waals surface area contributed by atoms with Crippen molar-refractivity contribution in [3.8, 4) is 5.75 Å². The molecule has 0 amide bonds. The quantitative estimate of drug-likeness (QED) is 0.291. The summed E-state index contributed by atoms with van der Waals surface area (Å²) in [6, 6.07) is 5.12. The predicted octanol–water partition coefficient (Wildman–Crippen LogP) is 3.19. The highest BCUT2D eigenvalue weighted by Crippen LogP contribution is 2.34. The third kappa shape index (κ3) is 5.38. The Balaban J connectivity index is 0.00000243. The molecule has 2 saturated heterocycles. The lowest BCUT2D eigenvalue weighted by molar-refractivity contribution is -0.137. The lowest BCUT2D eigenvalue weighted by atomic mass is 9.96. The van der Waals surface area contributed by atoms with Crippen molar-refractivity contribution >= 4 is 29.9 Å². The molecule has 26 heavy (non-hydrogen) atoms. The molecule has 9 heteroatoms. The molecule has 5 nitrogen and oxygen atoms in total. The van der Waals surface area contributed by atoms with E-state index < -0.39 is 11.7 Å². The molecule has 1 aromatic carbocycles. The highest BCUT2D eigenvalue weighted by atomic mass is 127. The number of fused-ring (bicyclic) bond motifs is 2. The Morgan fingerprint density at radius 2 is 2.15 bits per heavy atom. The second-order valence-electron chi connectivity index (χ2n) is 6.23.